The van der Waals surface area contributed by atoms with Gasteiger partial charge >= 0.3 is 5.97 Å². The zero-order valence-corrected chi connectivity index (χ0v) is 9.63. The van der Waals surface area contributed by atoms with Gasteiger partial charge in [-0.2, -0.15) is 0 Å². The first-order valence-corrected chi connectivity index (χ1v) is 5.10. The SMILES string of the molecule is Cc1ccc(C/C(N)=N/N(N)CC(=O)O)cc1. The number of hydrazone groups is 1. The molecule has 0 unspecified atom stereocenters. The minimum atomic E-state index is -1.06. The molecule has 17 heavy (non-hydrogen) atoms. The van der Waals surface area contributed by atoms with Gasteiger partial charge in [0.2, 0.25) is 0 Å². The van der Waals surface area contributed by atoms with Gasteiger partial charge in [0.15, 0.2) is 6.54 Å². The number of hydrogen-bond donors (Lipinski definition) is 3. The molecule has 6 nitrogen and oxygen atoms in total. The van der Waals surface area contributed by atoms with Crippen molar-refractivity contribution in [1.29, 1.82) is 0 Å². The molecule has 0 saturated carbocycles. The second kappa shape index (κ2) is 5.86. The van der Waals surface area contributed by atoms with Crippen molar-refractivity contribution in [3.63, 3.8) is 0 Å². The lowest BCUT2D eigenvalue weighted by molar-refractivity contribution is -0.138. The van der Waals surface area contributed by atoms with Gasteiger partial charge in [-0.25, -0.2) is 11.0 Å². The quantitative estimate of drug-likeness (QED) is 0.290. The summed E-state index contributed by atoms with van der Waals surface area (Å²) in [7, 11) is 0. The molecular weight excluding hydrogens is 220 g/mol. The first-order valence-electron chi connectivity index (χ1n) is 5.10. The number of rotatable bonds is 5. The van der Waals surface area contributed by atoms with Gasteiger partial charge in [0.25, 0.3) is 0 Å². The van der Waals surface area contributed by atoms with E-state index in [1.165, 1.54) is 0 Å². The molecule has 1 rings (SSSR count). The van der Waals surface area contributed by atoms with E-state index in [0.29, 0.717) is 6.42 Å². The third-order valence-electron chi connectivity index (χ3n) is 2.06. The summed E-state index contributed by atoms with van der Waals surface area (Å²) in [5.74, 6) is 4.56. The number of carboxylic acids is 1. The average Bonchev–Trinajstić information content (AvgIpc) is 2.19. The van der Waals surface area contributed by atoms with Crippen LogP contribution in [0.15, 0.2) is 29.4 Å². The number of benzene rings is 1. The van der Waals surface area contributed by atoms with E-state index in [1.54, 1.807) is 0 Å². The molecule has 1 aromatic carbocycles. The van der Waals surface area contributed by atoms with Gasteiger partial charge in [-0.15, -0.1) is 5.10 Å². The smallest absolute Gasteiger partial charge is 0.326 e. The standard InChI is InChI=1S/C11H16N4O2/c1-8-2-4-9(5-3-8)6-10(12)14-15(13)7-11(16)17/h2-5H,6-7,13H2,1H3,(H2,12,14)(H,16,17). The highest BCUT2D eigenvalue weighted by atomic mass is 16.4. The number of aliphatic carboxylic acids is 1. The molecule has 0 spiro atoms. The third-order valence-corrected chi connectivity index (χ3v) is 2.06. The minimum absolute atomic E-state index is 0.276. The van der Waals surface area contributed by atoms with E-state index in [-0.39, 0.29) is 12.4 Å². The van der Waals surface area contributed by atoms with Gasteiger partial charge in [-0.3, -0.25) is 4.79 Å². The maximum absolute atomic E-state index is 10.4. The molecule has 0 aliphatic heterocycles. The molecular formula is C11H16N4O2. The van der Waals surface area contributed by atoms with Crippen LogP contribution in [-0.4, -0.2) is 28.6 Å². The van der Waals surface area contributed by atoms with E-state index >= 15 is 0 Å². The highest BCUT2D eigenvalue weighted by molar-refractivity contribution is 5.82. The van der Waals surface area contributed by atoms with Crippen molar-refractivity contribution < 1.29 is 9.90 Å². The molecule has 1 aromatic rings. The number of amidine groups is 1. The zero-order chi connectivity index (χ0) is 12.8. The van der Waals surface area contributed by atoms with E-state index in [9.17, 15) is 4.79 Å². The van der Waals surface area contributed by atoms with E-state index in [0.717, 1.165) is 16.2 Å². The molecule has 0 atom stereocenters. The summed E-state index contributed by atoms with van der Waals surface area (Å²) in [6, 6.07) is 7.83. The maximum atomic E-state index is 10.4. The Labute approximate surface area is 99.5 Å². The Balaban J connectivity index is 2.59. The Bertz CT molecular complexity index is 414. The number of carboxylic acid groups (broad SMARTS) is 1. The molecule has 0 aromatic heterocycles. The molecule has 0 heterocycles. The Morgan fingerprint density at radius 2 is 2.00 bits per heavy atom. The number of nitrogens with two attached hydrogens (primary N) is 2. The van der Waals surface area contributed by atoms with Crippen molar-refractivity contribution in [2.75, 3.05) is 6.54 Å². The van der Waals surface area contributed by atoms with Crippen LogP contribution in [0.1, 0.15) is 11.1 Å². The van der Waals surface area contributed by atoms with E-state index in [2.05, 4.69) is 5.10 Å². The van der Waals surface area contributed by atoms with Crippen LogP contribution in [0, 0.1) is 6.92 Å². The molecule has 0 amide bonds. The van der Waals surface area contributed by atoms with Crippen molar-refractivity contribution >= 4 is 11.8 Å². The van der Waals surface area contributed by atoms with Crippen LogP contribution in [0.5, 0.6) is 0 Å². The largest absolute Gasteiger partial charge is 0.480 e. The van der Waals surface area contributed by atoms with Crippen LogP contribution in [0.4, 0.5) is 0 Å². The van der Waals surface area contributed by atoms with Gasteiger partial charge in [0.1, 0.15) is 5.84 Å². The summed E-state index contributed by atoms with van der Waals surface area (Å²) in [6.07, 6.45) is 0.438. The van der Waals surface area contributed by atoms with Crippen LogP contribution >= 0.6 is 0 Å². The van der Waals surface area contributed by atoms with E-state index in [1.807, 2.05) is 31.2 Å². The third kappa shape index (κ3) is 4.98. The fourth-order valence-electron chi connectivity index (χ4n) is 1.29. The molecule has 0 aliphatic carbocycles. The summed E-state index contributed by atoms with van der Waals surface area (Å²) in [4.78, 5) is 10.4. The lowest BCUT2D eigenvalue weighted by atomic mass is 10.1. The topological polar surface area (TPSA) is 105 Å². The number of aryl methyl sites for hydroxylation is 1. The number of carbonyl (C=O) groups is 1. The summed E-state index contributed by atoms with van der Waals surface area (Å²) in [5.41, 5.74) is 7.82. The summed E-state index contributed by atoms with van der Waals surface area (Å²) >= 11 is 0. The molecule has 0 saturated heterocycles. The first kappa shape index (κ1) is 13.0. The predicted molar refractivity (Wildman–Crippen MR) is 65.0 cm³/mol. The van der Waals surface area contributed by atoms with Crippen LogP contribution in [0.2, 0.25) is 0 Å². The van der Waals surface area contributed by atoms with Crippen molar-refractivity contribution in [3.8, 4) is 0 Å². The lowest BCUT2D eigenvalue weighted by Crippen LogP contribution is -2.34. The van der Waals surface area contributed by atoms with Crippen molar-refractivity contribution in [2.45, 2.75) is 13.3 Å². The maximum Gasteiger partial charge on any atom is 0.326 e. The molecule has 0 aliphatic rings. The van der Waals surface area contributed by atoms with Gasteiger partial charge in [-0.05, 0) is 12.5 Å². The fourth-order valence-corrected chi connectivity index (χ4v) is 1.29. The molecule has 0 radical (unpaired) electrons. The fraction of sp³-hybridized carbons (Fsp3) is 0.273. The second-order valence-electron chi connectivity index (χ2n) is 3.75. The van der Waals surface area contributed by atoms with E-state index < -0.39 is 5.97 Å². The van der Waals surface area contributed by atoms with Crippen molar-refractivity contribution in [2.24, 2.45) is 16.7 Å². The number of nitrogens with zero attached hydrogens (tertiary/aromatic N) is 2. The van der Waals surface area contributed by atoms with E-state index in [4.69, 9.17) is 16.7 Å². The summed E-state index contributed by atoms with van der Waals surface area (Å²) < 4.78 is 0. The highest BCUT2D eigenvalue weighted by Crippen LogP contribution is 2.03. The minimum Gasteiger partial charge on any atom is -0.480 e. The Kier molecular flexibility index (Phi) is 4.47. The zero-order valence-electron chi connectivity index (χ0n) is 9.63. The molecule has 6 heteroatoms. The lowest BCUT2D eigenvalue weighted by Gasteiger charge is -2.10. The van der Waals surface area contributed by atoms with Gasteiger partial charge in [0.05, 0.1) is 0 Å². The highest BCUT2D eigenvalue weighted by Gasteiger charge is 2.03. The number of hydrogen-bond acceptors (Lipinski definition) is 4. The average molecular weight is 236 g/mol. The Morgan fingerprint density at radius 3 is 2.53 bits per heavy atom. The summed E-state index contributed by atoms with van der Waals surface area (Å²) in [5, 5.41) is 13.1. The van der Waals surface area contributed by atoms with Gasteiger partial charge in [0, 0.05) is 6.42 Å². The molecule has 0 bridgehead atoms. The Hall–Kier alpha value is -2.08. The number of hydrazine groups is 1. The van der Waals surface area contributed by atoms with Crippen LogP contribution < -0.4 is 11.6 Å². The second-order valence-corrected chi connectivity index (χ2v) is 3.75. The monoisotopic (exact) mass is 236 g/mol. The van der Waals surface area contributed by atoms with Gasteiger partial charge in [-0.1, -0.05) is 29.8 Å². The normalized spacial score (nSPS) is 11.3. The molecule has 92 valence electrons. The molecule has 5 N–H and O–H groups in total. The van der Waals surface area contributed by atoms with Crippen molar-refractivity contribution in [3.05, 3.63) is 35.4 Å². The predicted octanol–water partition coefficient (Wildman–Crippen LogP) is 0.0700. The summed E-state index contributed by atoms with van der Waals surface area (Å²) in [6.45, 7) is 1.62. The van der Waals surface area contributed by atoms with Crippen LogP contribution in [-0.2, 0) is 11.2 Å². The Morgan fingerprint density at radius 1 is 1.41 bits per heavy atom. The van der Waals surface area contributed by atoms with Crippen LogP contribution in [0.25, 0.3) is 0 Å². The van der Waals surface area contributed by atoms with Crippen molar-refractivity contribution in [1.82, 2.24) is 5.12 Å². The van der Waals surface area contributed by atoms with Gasteiger partial charge < -0.3 is 10.8 Å². The first-order chi connectivity index (χ1) is 7.97. The molecule has 0 fully saturated rings. The van der Waals surface area contributed by atoms with Crippen LogP contribution in [0.3, 0.4) is 0 Å².